The van der Waals surface area contributed by atoms with E-state index < -0.39 is 10.7 Å². The molecule has 4 N–H and O–H groups in total. The number of nitrogens with one attached hydrogen (secondary N) is 2. The zero-order valence-electron chi connectivity index (χ0n) is 17.5. The van der Waals surface area contributed by atoms with Crippen LogP contribution in [0.25, 0.3) is 22.4 Å². The summed E-state index contributed by atoms with van der Waals surface area (Å²) in [6, 6.07) is 13.4. The fourth-order valence-electron chi connectivity index (χ4n) is 4.04. The van der Waals surface area contributed by atoms with Gasteiger partial charge in [0.05, 0.1) is 30.4 Å². The van der Waals surface area contributed by atoms with Gasteiger partial charge in [0.1, 0.15) is 6.54 Å². The standard InChI is InChI=1S/C22H26N6O3/c1-14-8-18(9-15(2)24-14)19-20(17-6-4-3-5-7-17)25-22(23)27-13-28(31,26-21(19)27)10-16(11-29)12-30/h3-9,16,23,26,29-30H,10-13H2,1-2H3. The lowest BCUT2D eigenvalue weighted by Gasteiger charge is -2.38. The average molecular weight is 422 g/mol. The molecule has 0 radical (unpaired) electrons. The lowest BCUT2D eigenvalue weighted by molar-refractivity contribution is -0.877. The van der Waals surface area contributed by atoms with Gasteiger partial charge >= 0.3 is 0 Å². The molecule has 3 aromatic rings. The Bertz CT molecular complexity index is 1140. The van der Waals surface area contributed by atoms with Crippen LogP contribution in [0.1, 0.15) is 11.4 Å². The lowest BCUT2D eigenvalue weighted by Crippen LogP contribution is -2.48. The maximum atomic E-state index is 13.5. The van der Waals surface area contributed by atoms with Gasteiger partial charge in [-0.25, -0.2) is 19.7 Å². The molecule has 0 amide bonds. The van der Waals surface area contributed by atoms with Crippen LogP contribution in [0.15, 0.2) is 42.5 Å². The molecule has 9 nitrogen and oxygen atoms in total. The van der Waals surface area contributed by atoms with Crippen molar-refractivity contribution in [2.75, 3.05) is 25.2 Å². The molecule has 3 heterocycles. The third-order valence-corrected chi connectivity index (χ3v) is 5.38. The van der Waals surface area contributed by atoms with Gasteiger partial charge in [-0.1, -0.05) is 30.3 Å². The summed E-state index contributed by atoms with van der Waals surface area (Å²) in [7, 11) is 0. The first-order chi connectivity index (χ1) is 14.8. The average Bonchev–Trinajstić information content (AvgIpc) is 3.09. The van der Waals surface area contributed by atoms with Crippen molar-refractivity contribution in [1.82, 2.24) is 14.5 Å². The number of anilines is 1. The summed E-state index contributed by atoms with van der Waals surface area (Å²) >= 11 is 0. The Balaban J connectivity index is 1.93. The second-order valence-electron chi connectivity index (χ2n) is 8.00. The SMILES string of the molecule is Cc1cc(-c2c(-c3ccccc3)nc(=N)n3c2N[N+]([O-])(CC(CO)CO)C3)cc(C)n1. The number of hydrogen-bond donors (Lipinski definition) is 4. The Hall–Kier alpha value is -3.11. The minimum atomic E-state index is -0.895. The monoisotopic (exact) mass is 422 g/mol. The van der Waals surface area contributed by atoms with E-state index in [0.29, 0.717) is 11.5 Å². The van der Waals surface area contributed by atoms with Crippen LogP contribution in [-0.4, -0.2) is 49.3 Å². The summed E-state index contributed by atoms with van der Waals surface area (Å²) in [5.41, 5.74) is 7.65. The molecule has 1 unspecified atom stereocenters. The molecule has 0 saturated carbocycles. The third kappa shape index (κ3) is 4.08. The summed E-state index contributed by atoms with van der Waals surface area (Å²) in [5.74, 6) is -0.0713. The molecule has 9 heteroatoms. The first-order valence-electron chi connectivity index (χ1n) is 10.1. The molecular weight excluding hydrogens is 396 g/mol. The van der Waals surface area contributed by atoms with Gasteiger partial charge in [-0.05, 0) is 31.5 Å². The highest BCUT2D eigenvalue weighted by Crippen LogP contribution is 2.39. The van der Waals surface area contributed by atoms with E-state index in [1.165, 1.54) is 0 Å². The quantitative estimate of drug-likeness (QED) is 0.355. The van der Waals surface area contributed by atoms with Crippen LogP contribution in [0.4, 0.5) is 5.82 Å². The molecule has 0 bridgehead atoms. The van der Waals surface area contributed by atoms with Crippen molar-refractivity contribution in [2.45, 2.75) is 20.5 Å². The molecule has 2 aromatic heterocycles. The summed E-state index contributed by atoms with van der Waals surface area (Å²) in [6.45, 7) is 3.11. The van der Waals surface area contributed by atoms with E-state index in [1.807, 2.05) is 56.3 Å². The minimum absolute atomic E-state index is 0.0343. The number of hydroxylamine groups is 2. The van der Waals surface area contributed by atoms with Crippen LogP contribution in [0, 0.1) is 30.4 Å². The summed E-state index contributed by atoms with van der Waals surface area (Å²) in [4.78, 5) is 9.01. The van der Waals surface area contributed by atoms with E-state index in [2.05, 4.69) is 15.4 Å². The van der Waals surface area contributed by atoms with Crippen molar-refractivity contribution in [2.24, 2.45) is 5.92 Å². The van der Waals surface area contributed by atoms with E-state index in [1.54, 1.807) is 4.57 Å². The number of aromatic nitrogens is 3. The highest BCUT2D eigenvalue weighted by molar-refractivity contribution is 5.88. The molecule has 1 atom stereocenters. The molecule has 0 fully saturated rings. The van der Waals surface area contributed by atoms with Crippen LogP contribution in [0.2, 0.25) is 0 Å². The zero-order chi connectivity index (χ0) is 22.2. The number of hydrogen-bond acceptors (Lipinski definition) is 7. The smallest absolute Gasteiger partial charge is 0.228 e. The van der Waals surface area contributed by atoms with E-state index in [4.69, 9.17) is 5.41 Å². The fourth-order valence-corrected chi connectivity index (χ4v) is 4.04. The molecule has 0 spiro atoms. The maximum Gasteiger partial charge on any atom is 0.228 e. The molecule has 4 rings (SSSR count). The van der Waals surface area contributed by atoms with Gasteiger partial charge in [-0.2, -0.15) is 0 Å². The first-order valence-corrected chi connectivity index (χ1v) is 10.1. The third-order valence-electron chi connectivity index (χ3n) is 5.38. The van der Waals surface area contributed by atoms with Crippen LogP contribution in [0.3, 0.4) is 0 Å². The Labute approximate surface area is 179 Å². The number of aliphatic hydroxyl groups excluding tert-OH is 2. The van der Waals surface area contributed by atoms with Gasteiger partial charge in [0.2, 0.25) is 5.62 Å². The van der Waals surface area contributed by atoms with E-state index in [0.717, 1.165) is 28.1 Å². The van der Waals surface area contributed by atoms with Gasteiger partial charge in [0, 0.05) is 17.0 Å². The van der Waals surface area contributed by atoms with E-state index in [9.17, 15) is 15.4 Å². The second-order valence-corrected chi connectivity index (χ2v) is 8.00. The molecule has 1 aromatic carbocycles. The van der Waals surface area contributed by atoms with Crippen LogP contribution < -0.4 is 11.0 Å². The normalized spacial score (nSPS) is 17.6. The lowest BCUT2D eigenvalue weighted by atomic mass is 9.99. The number of quaternary nitrogens is 1. The Kier molecular flexibility index (Phi) is 5.59. The predicted molar refractivity (Wildman–Crippen MR) is 116 cm³/mol. The fraction of sp³-hybridized carbons (Fsp3) is 0.318. The van der Waals surface area contributed by atoms with Crippen molar-refractivity contribution in [3.8, 4) is 22.4 Å². The molecule has 1 aliphatic heterocycles. The number of rotatable bonds is 6. The first kappa shape index (κ1) is 21.1. The highest BCUT2D eigenvalue weighted by atomic mass is 16.6. The van der Waals surface area contributed by atoms with Gasteiger partial charge in [0.15, 0.2) is 12.5 Å². The van der Waals surface area contributed by atoms with E-state index in [-0.39, 0.29) is 32.0 Å². The second kappa shape index (κ2) is 8.20. The maximum absolute atomic E-state index is 13.5. The van der Waals surface area contributed by atoms with Gasteiger partial charge in [-0.15, -0.1) is 0 Å². The Morgan fingerprint density at radius 3 is 2.35 bits per heavy atom. The van der Waals surface area contributed by atoms with Gasteiger partial charge < -0.3 is 15.4 Å². The molecule has 162 valence electrons. The van der Waals surface area contributed by atoms with Crippen LogP contribution >= 0.6 is 0 Å². The number of benzene rings is 1. The van der Waals surface area contributed by atoms with Crippen molar-refractivity contribution in [1.29, 1.82) is 5.41 Å². The molecular formula is C22H26N6O3. The number of fused-ring (bicyclic) bond motifs is 1. The molecule has 1 aliphatic rings. The van der Waals surface area contributed by atoms with Crippen molar-refractivity contribution in [3.63, 3.8) is 0 Å². The number of pyridine rings is 1. The van der Waals surface area contributed by atoms with Crippen molar-refractivity contribution in [3.05, 3.63) is 64.7 Å². The number of aliphatic hydroxyl groups is 2. The summed E-state index contributed by atoms with van der Waals surface area (Å²) < 4.78 is 0.652. The Morgan fingerprint density at radius 2 is 1.74 bits per heavy atom. The topological polar surface area (TPSA) is 130 Å². The largest absolute Gasteiger partial charge is 0.605 e. The molecule has 0 saturated heterocycles. The van der Waals surface area contributed by atoms with E-state index >= 15 is 0 Å². The summed E-state index contributed by atoms with van der Waals surface area (Å²) in [6.07, 6.45) is 0. The van der Waals surface area contributed by atoms with Crippen LogP contribution in [0.5, 0.6) is 0 Å². The number of nitrogens with zero attached hydrogens (tertiary/aromatic N) is 4. The number of aryl methyl sites for hydroxylation is 2. The van der Waals surface area contributed by atoms with Crippen molar-refractivity contribution < 1.29 is 15.0 Å². The minimum Gasteiger partial charge on any atom is -0.605 e. The van der Waals surface area contributed by atoms with Gasteiger partial charge in [0.25, 0.3) is 0 Å². The van der Waals surface area contributed by atoms with Gasteiger partial charge in [-0.3, -0.25) is 10.4 Å². The Morgan fingerprint density at radius 1 is 1.10 bits per heavy atom. The summed E-state index contributed by atoms with van der Waals surface area (Å²) in [5, 5.41) is 40.9. The zero-order valence-corrected chi connectivity index (χ0v) is 17.5. The van der Waals surface area contributed by atoms with Crippen LogP contribution in [-0.2, 0) is 6.67 Å². The predicted octanol–water partition coefficient (Wildman–Crippen LogP) is 1.92. The molecule has 31 heavy (non-hydrogen) atoms. The molecule has 0 aliphatic carbocycles. The van der Waals surface area contributed by atoms with Crippen molar-refractivity contribution >= 4 is 5.82 Å². The highest BCUT2D eigenvalue weighted by Gasteiger charge is 2.35.